The van der Waals surface area contributed by atoms with Crippen LogP contribution in [0.3, 0.4) is 0 Å². The molecule has 0 aliphatic heterocycles. The molecule has 0 unspecified atom stereocenters. The second-order valence-electron chi connectivity index (χ2n) is 5.53. The van der Waals surface area contributed by atoms with Crippen LogP contribution < -0.4 is 10.6 Å². The Kier molecular flexibility index (Phi) is 5.95. The van der Waals surface area contributed by atoms with E-state index < -0.39 is 17.6 Å². The highest BCUT2D eigenvalue weighted by molar-refractivity contribution is 6.03. The lowest BCUT2D eigenvalue weighted by atomic mass is 10.2. The molecule has 1 aromatic carbocycles. The van der Waals surface area contributed by atoms with Crippen LogP contribution in [0.25, 0.3) is 0 Å². The number of rotatable bonds is 6. The minimum atomic E-state index is -4.47. The van der Waals surface area contributed by atoms with Gasteiger partial charge >= 0.3 is 6.18 Å². The number of hydrogen-bond acceptors (Lipinski definition) is 4. The van der Waals surface area contributed by atoms with Gasteiger partial charge in [-0.05, 0) is 37.6 Å². The lowest BCUT2D eigenvalue weighted by molar-refractivity contribution is -0.137. The maximum absolute atomic E-state index is 12.7. The summed E-state index contributed by atoms with van der Waals surface area (Å²) in [6.07, 6.45) is -2.53. The first-order valence-corrected chi connectivity index (χ1v) is 7.87. The number of nitrogens with zero attached hydrogens (tertiary/aromatic N) is 2. The molecule has 0 saturated carbocycles. The van der Waals surface area contributed by atoms with Gasteiger partial charge in [0.2, 0.25) is 5.95 Å². The van der Waals surface area contributed by atoms with Crippen molar-refractivity contribution in [1.82, 2.24) is 9.97 Å². The van der Waals surface area contributed by atoms with Gasteiger partial charge in [0.1, 0.15) is 5.69 Å². The van der Waals surface area contributed by atoms with E-state index in [0.29, 0.717) is 18.2 Å². The number of benzene rings is 1. The van der Waals surface area contributed by atoms with E-state index >= 15 is 0 Å². The van der Waals surface area contributed by atoms with Crippen LogP contribution in [-0.2, 0) is 6.18 Å². The molecule has 25 heavy (non-hydrogen) atoms. The third-order valence-corrected chi connectivity index (χ3v) is 3.35. The van der Waals surface area contributed by atoms with Crippen molar-refractivity contribution in [3.63, 3.8) is 0 Å². The summed E-state index contributed by atoms with van der Waals surface area (Å²) in [6.45, 7) is 4.44. The Morgan fingerprint density at radius 3 is 2.64 bits per heavy atom. The second kappa shape index (κ2) is 7.96. The number of anilines is 2. The molecular formula is C17H19F3N4O. The van der Waals surface area contributed by atoms with Crippen molar-refractivity contribution in [2.75, 3.05) is 17.2 Å². The van der Waals surface area contributed by atoms with Crippen LogP contribution in [0.1, 0.15) is 41.5 Å². The number of halogens is 3. The van der Waals surface area contributed by atoms with E-state index in [1.165, 1.54) is 18.2 Å². The summed E-state index contributed by atoms with van der Waals surface area (Å²) in [5.74, 6) is -0.272. The van der Waals surface area contributed by atoms with Gasteiger partial charge < -0.3 is 10.6 Å². The first-order chi connectivity index (χ1) is 11.8. The monoisotopic (exact) mass is 352 g/mol. The van der Waals surface area contributed by atoms with Gasteiger partial charge in [0, 0.05) is 17.9 Å². The van der Waals surface area contributed by atoms with Gasteiger partial charge in [-0.2, -0.15) is 13.2 Å². The molecule has 134 valence electrons. The molecule has 2 N–H and O–H groups in total. The molecule has 0 radical (unpaired) electrons. The van der Waals surface area contributed by atoms with E-state index in [4.69, 9.17) is 0 Å². The molecule has 0 atom stereocenters. The summed E-state index contributed by atoms with van der Waals surface area (Å²) in [4.78, 5) is 20.6. The van der Waals surface area contributed by atoms with Crippen LogP contribution in [0, 0.1) is 6.92 Å². The molecule has 2 rings (SSSR count). The van der Waals surface area contributed by atoms with Crippen molar-refractivity contribution >= 4 is 17.5 Å². The van der Waals surface area contributed by atoms with E-state index in [-0.39, 0.29) is 11.4 Å². The molecule has 5 nitrogen and oxygen atoms in total. The molecular weight excluding hydrogens is 333 g/mol. The molecule has 2 aromatic rings. The Balaban J connectivity index is 2.15. The summed E-state index contributed by atoms with van der Waals surface area (Å²) in [7, 11) is 0. The average Bonchev–Trinajstić information content (AvgIpc) is 2.54. The van der Waals surface area contributed by atoms with Crippen LogP contribution in [0.15, 0.2) is 30.3 Å². The number of hydrogen-bond donors (Lipinski definition) is 2. The molecule has 1 aromatic heterocycles. The molecule has 0 aliphatic carbocycles. The van der Waals surface area contributed by atoms with Gasteiger partial charge in [0.05, 0.1) is 5.56 Å². The highest BCUT2D eigenvalue weighted by Crippen LogP contribution is 2.30. The smallest absolute Gasteiger partial charge is 0.354 e. The lowest BCUT2D eigenvalue weighted by Crippen LogP contribution is -2.17. The van der Waals surface area contributed by atoms with Crippen LogP contribution in [0.2, 0.25) is 0 Å². The predicted octanol–water partition coefficient (Wildman–Crippen LogP) is 4.27. The summed E-state index contributed by atoms with van der Waals surface area (Å²) >= 11 is 0. The second-order valence-corrected chi connectivity index (χ2v) is 5.53. The predicted molar refractivity (Wildman–Crippen MR) is 89.6 cm³/mol. The summed E-state index contributed by atoms with van der Waals surface area (Å²) in [5.41, 5.74) is -0.102. The highest BCUT2D eigenvalue weighted by Gasteiger charge is 2.30. The topological polar surface area (TPSA) is 66.9 Å². The van der Waals surface area contributed by atoms with Gasteiger partial charge in [-0.3, -0.25) is 4.79 Å². The fourth-order valence-electron chi connectivity index (χ4n) is 2.11. The van der Waals surface area contributed by atoms with Crippen molar-refractivity contribution in [3.8, 4) is 0 Å². The zero-order chi connectivity index (χ0) is 18.4. The van der Waals surface area contributed by atoms with E-state index in [0.717, 1.165) is 25.0 Å². The van der Waals surface area contributed by atoms with Crippen molar-refractivity contribution in [3.05, 3.63) is 47.3 Å². The van der Waals surface area contributed by atoms with E-state index in [1.54, 1.807) is 6.92 Å². The summed E-state index contributed by atoms with van der Waals surface area (Å²) < 4.78 is 38.2. The average molecular weight is 352 g/mol. The summed E-state index contributed by atoms with van der Waals surface area (Å²) in [5, 5.41) is 5.46. The third-order valence-electron chi connectivity index (χ3n) is 3.35. The fourth-order valence-corrected chi connectivity index (χ4v) is 2.11. The highest BCUT2D eigenvalue weighted by atomic mass is 19.4. The van der Waals surface area contributed by atoms with Crippen LogP contribution >= 0.6 is 0 Å². The number of unbranched alkanes of at least 4 members (excludes halogenated alkanes) is 1. The zero-order valence-corrected chi connectivity index (χ0v) is 13.9. The maximum Gasteiger partial charge on any atom is 0.416 e. The van der Waals surface area contributed by atoms with E-state index in [2.05, 4.69) is 20.6 Å². The lowest BCUT2D eigenvalue weighted by Gasteiger charge is -2.11. The van der Waals surface area contributed by atoms with Crippen LogP contribution in [0.4, 0.5) is 24.8 Å². The maximum atomic E-state index is 12.7. The number of alkyl halides is 3. The molecule has 1 amide bonds. The molecule has 1 heterocycles. The third kappa shape index (κ3) is 5.44. The Bertz CT molecular complexity index is 747. The van der Waals surface area contributed by atoms with Crippen molar-refractivity contribution in [2.45, 2.75) is 32.9 Å². The van der Waals surface area contributed by atoms with Crippen LogP contribution in [-0.4, -0.2) is 22.4 Å². The molecule has 0 aliphatic rings. The normalized spacial score (nSPS) is 11.2. The molecule has 0 fully saturated rings. The Hall–Kier alpha value is -2.64. The van der Waals surface area contributed by atoms with Gasteiger partial charge in [0.15, 0.2) is 0 Å². The first kappa shape index (κ1) is 18.7. The van der Waals surface area contributed by atoms with Gasteiger partial charge in [-0.15, -0.1) is 0 Å². The molecule has 0 saturated heterocycles. The Morgan fingerprint density at radius 1 is 1.20 bits per heavy atom. The minimum Gasteiger partial charge on any atom is -0.354 e. The number of carbonyl (C=O) groups is 1. The SMILES string of the molecule is CCCCNc1nc(C)cc(C(=O)Nc2cccc(C(F)(F)F)c2)n1. The largest absolute Gasteiger partial charge is 0.416 e. The molecule has 0 spiro atoms. The summed E-state index contributed by atoms with van der Waals surface area (Å²) in [6, 6.07) is 5.93. The quantitative estimate of drug-likeness (QED) is 0.762. The van der Waals surface area contributed by atoms with Gasteiger partial charge in [-0.25, -0.2) is 9.97 Å². The molecule has 0 bridgehead atoms. The Labute approximate surface area is 143 Å². The standard InChI is InChI=1S/C17H19F3N4O/c1-3-4-8-21-16-22-11(2)9-14(24-16)15(25)23-13-7-5-6-12(10-13)17(18,19)20/h5-7,9-10H,3-4,8H2,1-2H3,(H,23,25)(H,21,22,24). The van der Waals surface area contributed by atoms with Gasteiger partial charge in [-0.1, -0.05) is 19.4 Å². The number of nitrogens with one attached hydrogen (secondary N) is 2. The molecule has 8 heteroatoms. The van der Waals surface area contributed by atoms with Crippen molar-refractivity contribution in [1.29, 1.82) is 0 Å². The fraction of sp³-hybridized carbons (Fsp3) is 0.353. The number of carbonyl (C=O) groups excluding carboxylic acids is 1. The van der Waals surface area contributed by atoms with Crippen molar-refractivity contribution < 1.29 is 18.0 Å². The van der Waals surface area contributed by atoms with Gasteiger partial charge in [0.25, 0.3) is 5.91 Å². The number of amides is 1. The van der Waals surface area contributed by atoms with E-state index in [9.17, 15) is 18.0 Å². The minimum absolute atomic E-state index is 0.0524. The number of aryl methyl sites for hydroxylation is 1. The first-order valence-electron chi connectivity index (χ1n) is 7.87. The van der Waals surface area contributed by atoms with Crippen molar-refractivity contribution in [2.24, 2.45) is 0 Å². The zero-order valence-electron chi connectivity index (χ0n) is 13.9. The van der Waals surface area contributed by atoms with E-state index in [1.807, 2.05) is 6.92 Å². The Morgan fingerprint density at radius 2 is 1.96 bits per heavy atom. The number of aromatic nitrogens is 2. The van der Waals surface area contributed by atoms with Crippen LogP contribution in [0.5, 0.6) is 0 Å².